The van der Waals surface area contributed by atoms with Crippen molar-refractivity contribution < 1.29 is 9.53 Å². The summed E-state index contributed by atoms with van der Waals surface area (Å²) in [6.45, 7) is 7.22. The number of carbonyl (C=O) groups is 1. The van der Waals surface area contributed by atoms with Crippen LogP contribution in [-0.2, 0) is 17.6 Å². The van der Waals surface area contributed by atoms with Crippen molar-refractivity contribution in [3.05, 3.63) is 59.2 Å². The molecule has 144 valence electrons. The standard InChI is InChI=1S/C23H30N2O2/c1-3-13-25-14-5-7-20-16-19(9-10-22(20)25)11-12-24-23(26)17-27-21-8-4-6-18(2)15-21/h4,6,8-10,15-16H,3,5,7,11-14,17H2,1-2H3,(H,24,26). The SMILES string of the molecule is CCCN1CCCc2cc(CCNC(=O)COc3cccc(C)c3)ccc21. The lowest BCUT2D eigenvalue weighted by Crippen LogP contribution is -2.31. The van der Waals surface area contributed by atoms with Gasteiger partial charge < -0.3 is 15.0 Å². The van der Waals surface area contributed by atoms with E-state index in [1.807, 2.05) is 31.2 Å². The average Bonchev–Trinajstić information content (AvgIpc) is 2.67. The zero-order chi connectivity index (χ0) is 19.1. The summed E-state index contributed by atoms with van der Waals surface area (Å²) < 4.78 is 5.54. The van der Waals surface area contributed by atoms with Crippen LogP contribution in [0.2, 0.25) is 0 Å². The Morgan fingerprint density at radius 2 is 2.11 bits per heavy atom. The highest BCUT2D eigenvalue weighted by Gasteiger charge is 2.16. The normalized spacial score (nSPS) is 13.2. The molecule has 0 bridgehead atoms. The molecule has 4 nitrogen and oxygen atoms in total. The van der Waals surface area contributed by atoms with E-state index in [-0.39, 0.29) is 12.5 Å². The second-order valence-electron chi connectivity index (χ2n) is 7.26. The molecule has 0 aromatic heterocycles. The number of nitrogens with one attached hydrogen (secondary N) is 1. The lowest BCUT2D eigenvalue weighted by atomic mass is 9.98. The number of carbonyl (C=O) groups excluding carboxylic acids is 1. The van der Waals surface area contributed by atoms with Gasteiger partial charge in [-0.25, -0.2) is 0 Å². The molecule has 1 N–H and O–H groups in total. The van der Waals surface area contributed by atoms with Crippen molar-refractivity contribution in [3.63, 3.8) is 0 Å². The van der Waals surface area contributed by atoms with Crippen LogP contribution in [0.4, 0.5) is 5.69 Å². The number of aryl methyl sites for hydroxylation is 2. The highest BCUT2D eigenvalue weighted by Crippen LogP contribution is 2.28. The first-order chi connectivity index (χ1) is 13.2. The van der Waals surface area contributed by atoms with Gasteiger partial charge in [-0.2, -0.15) is 0 Å². The number of nitrogens with zero attached hydrogens (tertiary/aromatic N) is 1. The molecular formula is C23H30N2O2. The third-order valence-electron chi connectivity index (χ3n) is 4.95. The zero-order valence-corrected chi connectivity index (χ0v) is 16.5. The maximum atomic E-state index is 12.0. The van der Waals surface area contributed by atoms with Crippen LogP contribution in [0.15, 0.2) is 42.5 Å². The molecule has 2 aromatic rings. The monoisotopic (exact) mass is 366 g/mol. The van der Waals surface area contributed by atoms with E-state index in [0.29, 0.717) is 6.54 Å². The summed E-state index contributed by atoms with van der Waals surface area (Å²) in [5, 5.41) is 2.95. The molecule has 0 atom stereocenters. The number of amides is 1. The van der Waals surface area contributed by atoms with E-state index < -0.39 is 0 Å². The number of ether oxygens (including phenoxy) is 1. The Balaban J connectivity index is 1.45. The summed E-state index contributed by atoms with van der Waals surface area (Å²) in [4.78, 5) is 14.5. The molecule has 1 aliphatic rings. The summed E-state index contributed by atoms with van der Waals surface area (Å²) >= 11 is 0. The topological polar surface area (TPSA) is 41.6 Å². The van der Waals surface area contributed by atoms with Gasteiger partial charge in [-0.1, -0.05) is 31.2 Å². The van der Waals surface area contributed by atoms with Crippen molar-refractivity contribution in [1.82, 2.24) is 5.32 Å². The number of anilines is 1. The van der Waals surface area contributed by atoms with Gasteiger partial charge >= 0.3 is 0 Å². The smallest absolute Gasteiger partial charge is 0.257 e. The first-order valence-corrected chi connectivity index (χ1v) is 9.98. The van der Waals surface area contributed by atoms with Gasteiger partial charge in [0.25, 0.3) is 5.91 Å². The molecule has 0 saturated carbocycles. The van der Waals surface area contributed by atoms with Crippen LogP contribution >= 0.6 is 0 Å². The minimum absolute atomic E-state index is 0.0552. The van der Waals surface area contributed by atoms with Crippen LogP contribution in [0, 0.1) is 6.92 Å². The highest BCUT2D eigenvalue weighted by molar-refractivity contribution is 5.77. The first-order valence-electron chi connectivity index (χ1n) is 9.98. The lowest BCUT2D eigenvalue weighted by molar-refractivity contribution is -0.123. The Morgan fingerprint density at radius 1 is 1.22 bits per heavy atom. The number of hydrogen-bond donors (Lipinski definition) is 1. The van der Waals surface area contributed by atoms with Crippen LogP contribution in [0.25, 0.3) is 0 Å². The van der Waals surface area contributed by atoms with Gasteiger partial charge in [0.2, 0.25) is 0 Å². The van der Waals surface area contributed by atoms with Gasteiger partial charge in [-0.3, -0.25) is 4.79 Å². The summed E-state index contributed by atoms with van der Waals surface area (Å²) in [5.41, 5.74) is 5.24. The quantitative estimate of drug-likeness (QED) is 0.770. The summed E-state index contributed by atoms with van der Waals surface area (Å²) in [5.74, 6) is 0.653. The molecule has 0 radical (unpaired) electrons. The summed E-state index contributed by atoms with van der Waals surface area (Å²) in [7, 11) is 0. The molecular weight excluding hydrogens is 336 g/mol. The number of rotatable bonds is 8. The van der Waals surface area contributed by atoms with Crippen LogP contribution in [0.5, 0.6) is 5.75 Å². The van der Waals surface area contributed by atoms with E-state index in [0.717, 1.165) is 37.2 Å². The highest BCUT2D eigenvalue weighted by atomic mass is 16.5. The van der Waals surface area contributed by atoms with Crippen molar-refractivity contribution in [2.45, 2.75) is 39.5 Å². The van der Waals surface area contributed by atoms with Crippen molar-refractivity contribution in [2.75, 3.05) is 31.1 Å². The molecule has 1 amide bonds. The molecule has 0 aliphatic carbocycles. The molecule has 1 aliphatic heterocycles. The van der Waals surface area contributed by atoms with E-state index in [1.165, 1.54) is 29.7 Å². The number of hydrogen-bond acceptors (Lipinski definition) is 3. The largest absolute Gasteiger partial charge is 0.484 e. The molecule has 0 fully saturated rings. The third kappa shape index (κ3) is 5.49. The number of fused-ring (bicyclic) bond motifs is 1. The number of benzene rings is 2. The fourth-order valence-electron chi connectivity index (χ4n) is 3.64. The molecule has 0 unspecified atom stereocenters. The van der Waals surface area contributed by atoms with E-state index in [9.17, 15) is 4.79 Å². The minimum atomic E-state index is -0.0800. The maximum absolute atomic E-state index is 12.0. The fourth-order valence-corrected chi connectivity index (χ4v) is 3.64. The van der Waals surface area contributed by atoms with E-state index in [2.05, 4.69) is 35.3 Å². The summed E-state index contributed by atoms with van der Waals surface area (Å²) in [6, 6.07) is 14.5. The van der Waals surface area contributed by atoms with Crippen molar-refractivity contribution in [2.24, 2.45) is 0 Å². The molecule has 1 heterocycles. The Morgan fingerprint density at radius 3 is 2.93 bits per heavy atom. The predicted molar refractivity (Wildman–Crippen MR) is 111 cm³/mol. The molecule has 27 heavy (non-hydrogen) atoms. The fraction of sp³-hybridized carbons (Fsp3) is 0.435. The Bertz CT molecular complexity index is 773. The van der Waals surface area contributed by atoms with Gasteiger partial charge in [-0.15, -0.1) is 0 Å². The molecule has 2 aromatic carbocycles. The van der Waals surface area contributed by atoms with Crippen molar-refractivity contribution in [1.29, 1.82) is 0 Å². The maximum Gasteiger partial charge on any atom is 0.257 e. The second kappa shape index (κ2) is 9.45. The van der Waals surface area contributed by atoms with Crippen LogP contribution in [0.1, 0.15) is 36.5 Å². The first kappa shape index (κ1) is 19.3. The van der Waals surface area contributed by atoms with Gasteiger partial charge in [-0.05, 0) is 67.5 Å². The van der Waals surface area contributed by atoms with Crippen LogP contribution < -0.4 is 15.0 Å². The van der Waals surface area contributed by atoms with Crippen molar-refractivity contribution >= 4 is 11.6 Å². The van der Waals surface area contributed by atoms with Crippen LogP contribution in [-0.4, -0.2) is 32.1 Å². The molecule has 3 rings (SSSR count). The van der Waals surface area contributed by atoms with Gasteiger partial charge in [0.1, 0.15) is 5.75 Å². The molecule has 0 saturated heterocycles. The Labute approximate surface area is 162 Å². The van der Waals surface area contributed by atoms with E-state index in [1.54, 1.807) is 0 Å². The zero-order valence-electron chi connectivity index (χ0n) is 16.5. The van der Waals surface area contributed by atoms with Gasteiger partial charge in [0.15, 0.2) is 6.61 Å². The Kier molecular flexibility index (Phi) is 6.74. The molecule has 0 spiro atoms. The average molecular weight is 367 g/mol. The molecule has 4 heteroatoms. The summed E-state index contributed by atoms with van der Waals surface area (Å²) in [6.07, 6.45) is 4.40. The van der Waals surface area contributed by atoms with Gasteiger partial charge in [0.05, 0.1) is 0 Å². The second-order valence-corrected chi connectivity index (χ2v) is 7.26. The van der Waals surface area contributed by atoms with E-state index in [4.69, 9.17) is 4.74 Å². The minimum Gasteiger partial charge on any atom is -0.484 e. The lowest BCUT2D eigenvalue weighted by Gasteiger charge is -2.31. The van der Waals surface area contributed by atoms with E-state index >= 15 is 0 Å². The predicted octanol–water partition coefficient (Wildman–Crippen LogP) is 3.90. The van der Waals surface area contributed by atoms with Gasteiger partial charge in [0, 0.05) is 25.3 Å². The Hall–Kier alpha value is -2.49. The third-order valence-corrected chi connectivity index (χ3v) is 4.95. The van der Waals surface area contributed by atoms with Crippen LogP contribution in [0.3, 0.4) is 0 Å². The van der Waals surface area contributed by atoms with Crippen molar-refractivity contribution in [3.8, 4) is 5.75 Å².